The van der Waals surface area contributed by atoms with Crippen LogP contribution in [0.4, 0.5) is 5.69 Å². The predicted octanol–water partition coefficient (Wildman–Crippen LogP) is 13.7. The van der Waals surface area contributed by atoms with E-state index in [4.69, 9.17) is 9.41 Å². The molecule has 4 heteroatoms. The van der Waals surface area contributed by atoms with Crippen molar-refractivity contribution < 1.29 is 4.42 Å². The molecular formula is C51H33N3O. The molecule has 5 heterocycles. The van der Waals surface area contributed by atoms with Gasteiger partial charge in [-0.15, -0.1) is 0 Å². The van der Waals surface area contributed by atoms with Crippen molar-refractivity contribution in [1.82, 2.24) is 8.97 Å². The lowest BCUT2D eigenvalue weighted by Gasteiger charge is -2.32. The molecule has 258 valence electrons. The van der Waals surface area contributed by atoms with Gasteiger partial charge in [-0.2, -0.15) is 0 Å². The molecule has 0 spiro atoms. The van der Waals surface area contributed by atoms with Crippen LogP contribution in [0.15, 0.2) is 167 Å². The maximum Gasteiger partial charge on any atom is 0.139 e. The molecule has 13 rings (SSSR count). The summed E-state index contributed by atoms with van der Waals surface area (Å²) in [5, 5.41) is 13.7. The van der Waals surface area contributed by atoms with E-state index in [2.05, 4.69) is 174 Å². The number of fused-ring (bicyclic) bond motifs is 16. The molecule has 0 aliphatic carbocycles. The Bertz CT molecular complexity index is 3610. The van der Waals surface area contributed by atoms with Crippen LogP contribution in [0, 0.1) is 5.92 Å². The van der Waals surface area contributed by atoms with E-state index in [1.807, 2.05) is 0 Å². The van der Waals surface area contributed by atoms with Gasteiger partial charge in [0.25, 0.3) is 0 Å². The van der Waals surface area contributed by atoms with Gasteiger partial charge in [0.15, 0.2) is 0 Å². The first-order valence-corrected chi connectivity index (χ1v) is 19.4. The van der Waals surface area contributed by atoms with E-state index in [0.29, 0.717) is 0 Å². The zero-order valence-electron chi connectivity index (χ0n) is 30.1. The third kappa shape index (κ3) is 3.74. The maximum atomic E-state index is 6.86. The fraction of sp³-hybridized carbons (Fsp3) is 0.0784. The largest absolute Gasteiger partial charge is 0.458 e. The molecule has 0 saturated heterocycles. The fourth-order valence-electron chi connectivity index (χ4n) is 10.3. The Labute approximate surface area is 315 Å². The first-order valence-electron chi connectivity index (χ1n) is 19.4. The Morgan fingerprint density at radius 1 is 0.527 bits per heavy atom. The Hall–Kier alpha value is -6.91. The van der Waals surface area contributed by atoms with Crippen molar-refractivity contribution in [2.24, 2.45) is 10.9 Å². The standard InChI is InChI=1S/C51H33N3O/c1-2-33-44(32-24-23-29-13-3-4-15-31(29)27-32)50-48(37-19-9-12-22-43(37)55-50)52-51(33)54-41-26-25-30-14-5-6-16-34(30)45(41)47-42(54)28-38-35-17-7-10-20-39(35)53-40-21-11-8-18-36(40)46(47)49(38)53/h3-28,33,44H,2H2,1H3. The van der Waals surface area contributed by atoms with Crippen LogP contribution in [0.2, 0.25) is 0 Å². The Kier molecular flexibility index (Phi) is 5.70. The number of benzene rings is 8. The highest BCUT2D eigenvalue weighted by atomic mass is 16.3. The Balaban J connectivity index is 1.23. The molecule has 0 radical (unpaired) electrons. The number of rotatable bonds is 2. The molecule has 0 amide bonds. The van der Waals surface area contributed by atoms with E-state index in [1.165, 1.54) is 87.0 Å². The van der Waals surface area contributed by atoms with Gasteiger partial charge in [-0.1, -0.05) is 128 Å². The molecule has 2 atom stereocenters. The summed E-state index contributed by atoms with van der Waals surface area (Å²) >= 11 is 0. The molecule has 8 aromatic carbocycles. The van der Waals surface area contributed by atoms with Crippen LogP contribution in [0.5, 0.6) is 0 Å². The third-order valence-corrected chi connectivity index (χ3v) is 12.6. The molecule has 4 nitrogen and oxygen atoms in total. The van der Waals surface area contributed by atoms with Gasteiger partial charge >= 0.3 is 0 Å². The molecule has 0 bridgehead atoms. The van der Waals surface area contributed by atoms with Crippen LogP contribution in [-0.4, -0.2) is 14.8 Å². The average Bonchev–Trinajstić information content (AvgIpc) is 3.98. The highest BCUT2D eigenvalue weighted by molar-refractivity contribution is 6.39. The second-order valence-electron chi connectivity index (χ2n) is 15.3. The summed E-state index contributed by atoms with van der Waals surface area (Å²) in [6, 6.07) is 57.8. The second kappa shape index (κ2) is 10.6. The molecule has 4 aromatic heterocycles. The van der Waals surface area contributed by atoms with Crippen molar-refractivity contribution >= 4 is 104 Å². The molecule has 12 aromatic rings. The van der Waals surface area contributed by atoms with E-state index < -0.39 is 0 Å². The van der Waals surface area contributed by atoms with Gasteiger partial charge in [0.2, 0.25) is 0 Å². The average molecular weight is 704 g/mol. The minimum absolute atomic E-state index is 0.0287. The molecule has 1 aliphatic heterocycles. The van der Waals surface area contributed by atoms with Gasteiger partial charge < -0.3 is 8.82 Å². The van der Waals surface area contributed by atoms with Gasteiger partial charge in [-0.3, -0.25) is 4.57 Å². The van der Waals surface area contributed by atoms with Crippen molar-refractivity contribution in [3.05, 3.63) is 169 Å². The van der Waals surface area contributed by atoms with Crippen LogP contribution in [0.3, 0.4) is 0 Å². The van der Waals surface area contributed by atoms with Crippen molar-refractivity contribution in [2.45, 2.75) is 19.3 Å². The number of para-hydroxylation sites is 3. The molecule has 2 unspecified atom stereocenters. The summed E-state index contributed by atoms with van der Waals surface area (Å²) in [5.41, 5.74) is 9.22. The summed E-state index contributed by atoms with van der Waals surface area (Å²) in [5.74, 6) is 2.03. The molecule has 0 N–H and O–H groups in total. The lowest BCUT2D eigenvalue weighted by atomic mass is 9.78. The normalized spacial score (nSPS) is 16.3. The maximum absolute atomic E-state index is 6.86. The lowest BCUT2D eigenvalue weighted by Crippen LogP contribution is -2.30. The summed E-state index contributed by atoms with van der Waals surface area (Å²) in [6.45, 7) is 2.31. The molecular weight excluding hydrogens is 671 g/mol. The van der Waals surface area contributed by atoms with E-state index in [-0.39, 0.29) is 11.8 Å². The summed E-state index contributed by atoms with van der Waals surface area (Å²) in [6.07, 6.45) is 0.888. The minimum Gasteiger partial charge on any atom is -0.458 e. The quantitative estimate of drug-likeness (QED) is 0.176. The third-order valence-electron chi connectivity index (χ3n) is 12.6. The highest BCUT2D eigenvalue weighted by Crippen LogP contribution is 2.52. The Morgan fingerprint density at radius 2 is 1.20 bits per heavy atom. The number of aromatic nitrogens is 2. The number of aliphatic imine (C=N–C) groups is 1. The van der Waals surface area contributed by atoms with E-state index in [1.54, 1.807) is 0 Å². The highest BCUT2D eigenvalue weighted by Gasteiger charge is 2.40. The Morgan fingerprint density at radius 3 is 2.04 bits per heavy atom. The zero-order valence-corrected chi connectivity index (χ0v) is 30.1. The van der Waals surface area contributed by atoms with Crippen molar-refractivity contribution in [3.8, 4) is 0 Å². The van der Waals surface area contributed by atoms with Crippen LogP contribution < -0.4 is 0 Å². The number of hydrogen-bond donors (Lipinski definition) is 0. The van der Waals surface area contributed by atoms with Gasteiger partial charge in [0.05, 0.1) is 33.5 Å². The van der Waals surface area contributed by atoms with Gasteiger partial charge in [-0.25, -0.2) is 4.99 Å². The van der Waals surface area contributed by atoms with E-state index in [0.717, 1.165) is 34.7 Å². The molecule has 1 aliphatic rings. The fourth-order valence-corrected chi connectivity index (χ4v) is 10.3. The lowest BCUT2D eigenvalue weighted by molar-refractivity contribution is 0.455. The van der Waals surface area contributed by atoms with Crippen molar-refractivity contribution in [1.29, 1.82) is 0 Å². The van der Waals surface area contributed by atoms with Crippen LogP contribution in [0.1, 0.15) is 30.6 Å². The predicted molar refractivity (Wildman–Crippen MR) is 230 cm³/mol. The second-order valence-corrected chi connectivity index (χ2v) is 15.3. The zero-order chi connectivity index (χ0) is 35.9. The summed E-state index contributed by atoms with van der Waals surface area (Å²) < 4.78 is 11.9. The minimum atomic E-state index is -0.0287. The molecule has 55 heavy (non-hydrogen) atoms. The van der Waals surface area contributed by atoms with Crippen molar-refractivity contribution in [2.75, 3.05) is 0 Å². The summed E-state index contributed by atoms with van der Waals surface area (Å²) in [7, 11) is 0. The van der Waals surface area contributed by atoms with Crippen LogP contribution in [-0.2, 0) is 0 Å². The monoisotopic (exact) mass is 703 g/mol. The molecule has 0 saturated carbocycles. The van der Waals surface area contributed by atoms with Gasteiger partial charge in [-0.05, 0) is 69.9 Å². The topological polar surface area (TPSA) is 34.8 Å². The number of hydrogen-bond acceptors (Lipinski definition) is 2. The van der Waals surface area contributed by atoms with E-state index in [9.17, 15) is 0 Å². The summed E-state index contributed by atoms with van der Waals surface area (Å²) in [4.78, 5) is 5.77. The number of furan rings is 1. The first kappa shape index (κ1) is 29.5. The SMILES string of the molecule is CCC1C(n2c3ccc4ccccc4c3c3c4c5ccccc5n5c6ccccc6c(cc32)c45)=Nc2c(oc3ccccc23)C1c1ccc2ccccc2c1. The first-order chi connectivity index (χ1) is 27.3. The smallest absolute Gasteiger partial charge is 0.139 e. The molecule has 0 fully saturated rings. The van der Waals surface area contributed by atoms with Gasteiger partial charge in [0.1, 0.15) is 22.9 Å². The number of nitrogens with zero attached hydrogens (tertiary/aromatic N) is 3. The van der Waals surface area contributed by atoms with Gasteiger partial charge in [0, 0.05) is 43.6 Å². The van der Waals surface area contributed by atoms with Crippen LogP contribution in [0.25, 0.3) is 92.4 Å². The van der Waals surface area contributed by atoms with E-state index >= 15 is 0 Å². The van der Waals surface area contributed by atoms with Crippen LogP contribution >= 0.6 is 0 Å². The van der Waals surface area contributed by atoms with Crippen molar-refractivity contribution in [3.63, 3.8) is 0 Å².